The fourth-order valence-corrected chi connectivity index (χ4v) is 2.96. The Balaban J connectivity index is 1.93. The molecule has 2 aromatic carbocycles. The molecule has 2 aromatic rings. The maximum absolute atomic E-state index is 13.8. The van der Waals surface area contributed by atoms with E-state index < -0.39 is 5.82 Å². The number of halogens is 2. The van der Waals surface area contributed by atoms with Crippen LogP contribution in [0.25, 0.3) is 0 Å². The zero-order valence-corrected chi connectivity index (χ0v) is 12.2. The van der Waals surface area contributed by atoms with Crippen LogP contribution in [0.15, 0.2) is 36.4 Å². The molecule has 0 saturated carbocycles. The van der Waals surface area contributed by atoms with Crippen molar-refractivity contribution in [3.63, 3.8) is 0 Å². The van der Waals surface area contributed by atoms with Crippen LogP contribution in [0.3, 0.4) is 0 Å². The highest BCUT2D eigenvalue weighted by Gasteiger charge is 2.19. The van der Waals surface area contributed by atoms with Gasteiger partial charge in [-0.1, -0.05) is 29.8 Å². The van der Waals surface area contributed by atoms with Gasteiger partial charge in [-0.2, -0.15) is 0 Å². The van der Waals surface area contributed by atoms with E-state index in [0.29, 0.717) is 10.6 Å². The Hall–Kier alpha value is -1.87. The fraction of sp³-hybridized carbons (Fsp3) is 0.235. The van der Waals surface area contributed by atoms with E-state index in [-0.39, 0.29) is 17.8 Å². The second-order valence-electron chi connectivity index (χ2n) is 5.16. The minimum Gasteiger partial charge on any atom is -0.385 e. The lowest BCUT2D eigenvalue weighted by Gasteiger charge is -2.20. The van der Waals surface area contributed by atoms with Crippen molar-refractivity contribution in [2.75, 3.05) is 11.9 Å². The zero-order valence-electron chi connectivity index (χ0n) is 11.5. The Morgan fingerprint density at radius 3 is 2.86 bits per heavy atom. The lowest BCUT2D eigenvalue weighted by Crippen LogP contribution is -2.16. The van der Waals surface area contributed by atoms with Crippen LogP contribution in [0.1, 0.15) is 27.9 Å². The maximum atomic E-state index is 13.8. The van der Waals surface area contributed by atoms with Crippen LogP contribution in [-0.2, 0) is 12.8 Å². The van der Waals surface area contributed by atoms with E-state index in [1.54, 1.807) is 12.1 Å². The molecule has 1 N–H and O–H groups in total. The molecule has 1 aliphatic rings. The first-order valence-electron chi connectivity index (χ1n) is 6.98. The normalized spacial score (nSPS) is 13.4. The molecule has 0 spiro atoms. The number of carbonyl (C=O) groups is 1. The van der Waals surface area contributed by atoms with E-state index in [1.807, 2.05) is 18.2 Å². The molecule has 0 atom stereocenters. The number of hydrogen-bond acceptors (Lipinski definition) is 2. The Kier molecular flexibility index (Phi) is 3.93. The van der Waals surface area contributed by atoms with Gasteiger partial charge in [0.1, 0.15) is 5.82 Å². The Morgan fingerprint density at radius 2 is 2.05 bits per heavy atom. The molecule has 2 nitrogen and oxygen atoms in total. The van der Waals surface area contributed by atoms with E-state index in [9.17, 15) is 9.18 Å². The van der Waals surface area contributed by atoms with Crippen molar-refractivity contribution >= 4 is 23.1 Å². The molecule has 0 saturated heterocycles. The number of anilines is 1. The number of carbonyl (C=O) groups excluding carboxylic acids is 1. The predicted octanol–water partition coefficient (Wildman–Crippen LogP) is 4.26. The number of nitrogens with one attached hydrogen (secondary N) is 1. The molecule has 0 aliphatic carbocycles. The van der Waals surface area contributed by atoms with Crippen LogP contribution in [0, 0.1) is 5.82 Å². The summed E-state index contributed by atoms with van der Waals surface area (Å²) in [5.74, 6) is -0.527. The van der Waals surface area contributed by atoms with Gasteiger partial charge in [0.15, 0.2) is 5.78 Å². The van der Waals surface area contributed by atoms with Crippen LogP contribution in [-0.4, -0.2) is 12.3 Å². The third-order valence-electron chi connectivity index (χ3n) is 3.79. The minimum atomic E-state index is -0.432. The van der Waals surface area contributed by atoms with E-state index >= 15 is 0 Å². The molecule has 0 unspecified atom stereocenters. The topological polar surface area (TPSA) is 29.1 Å². The quantitative estimate of drug-likeness (QED) is 0.858. The molecule has 3 rings (SSSR count). The van der Waals surface area contributed by atoms with Gasteiger partial charge in [0.25, 0.3) is 0 Å². The summed E-state index contributed by atoms with van der Waals surface area (Å²) < 4.78 is 13.8. The van der Waals surface area contributed by atoms with Gasteiger partial charge in [-0.05, 0) is 36.6 Å². The standard InChI is InChI=1S/C17H15ClFNO/c18-14-6-2-7-15(19)13(14)10-17(21)12-4-1-8-16-11(12)5-3-9-20-16/h1-2,4,6-8,20H,3,5,9-10H2. The van der Waals surface area contributed by atoms with Crippen LogP contribution >= 0.6 is 11.6 Å². The highest BCUT2D eigenvalue weighted by molar-refractivity contribution is 6.31. The van der Waals surface area contributed by atoms with Crippen LogP contribution in [0.2, 0.25) is 5.02 Å². The lowest BCUT2D eigenvalue weighted by atomic mass is 9.92. The van der Waals surface area contributed by atoms with Gasteiger partial charge in [0.2, 0.25) is 0 Å². The van der Waals surface area contributed by atoms with Gasteiger partial charge < -0.3 is 5.32 Å². The molecule has 4 heteroatoms. The Morgan fingerprint density at radius 1 is 1.24 bits per heavy atom. The van der Waals surface area contributed by atoms with Crippen molar-refractivity contribution in [2.24, 2.45) is 0 Å². The molecule has 1 heterocycles. The highest BCUT2D eigenvalue weighted by atomic mass is 35.5. The molecule has 21 heavy (non-hydrogen) atoms. The van der Waals surface area contributed by atoms with Crippen molar-refractivity contribution in [3.05, 3.63) is 63.9 Å². The summed E-state index contributed by atoms with van der Waals surface area (Å²) in [6.07, 6.45) is 1.86. The first-order chi connectivity index (χ1) is 10.2. The van der Waals surface area contributed by atoms with E-state index in [0.717, 1.165) is 30.6 Å². The number of hydrogen-bond donors (Lipinski definition) is 1. The first-order valence-corrected chi connectivity index (χ1v) is 7.36. The molecular weight excluding hydrogens is 289 g/mol. The van der Waals surface area contributed by atoms with Crippen LogP contribution < -0.4 is 5.32 Å². The van der Waals surface area contributed by atoms with E-state index in [4.69, 9.17) is 11.6 Å². The molecule has 0 fully saturated rings. The second-order valence-corrected chi connectivity index (χ2v) is 5.57. The molecule has 0 radical (unpaired) electrons. The molecule has 0 amide bonds. The Bertz CT molecular complexity index is 679. The third-order valence-corrected chi connectivity index (χ3v) is 4.15. The summed E-state index contributed by atoms with van der Waals surface area (Å²) in [5.41, 5.74) is 2.97. The van der Waals surface area contributed by atoms with Gasteiger partial charge >= 0.3 is 0 Å². The molecular formula is C17H15ClFNO. The second kappa shape index (κ2) is 5.86. The van der Waals surface area contributed by atoms with Crippen molar-refractivity contribution in [3.8, 4) is 0 Å². The first kappa shape index (κ1) is 14.1. The third kappa shape index (κ3) is 2.79. The number of rotatable bonds is 3. The summed E-state index contributed by atoms with van der Waals surface area (Å²) in [7, 11) is 0. The van der Waals surface area contributed by atoms with Crippen molar-refractivity contribution in [1.82, 2.24) is 0 Å². The Labute approximate surface area is 127 Å². The average Bonchev–Trinajstić information content (AvgIpc) is 2.50. The minimum absolute atomic E-state index is 0.0119. The zero-order chi connectivity index (χ0) is 14.8. The van der Waals surface area contributed by atoms with Gasteiger partial charge in [-0.25, -0.2) is 4.39 Å². The summed E-state index contributed by atoms with van der Waals surface area (Å²) in [6.45, 7) is 0.920. The molecule has 0 aromatic heterocycles. The van der Waals surface area contributed by atoms with Crippen molar-refractivity contribution in [2.45, 2.75) is 19.3 Å². The van der Waals surface area contributed by atoms with Gasteiger partial charge in [-0.15, -0.1) is 0 Å². The summed E-state index contributed by atoms with van der Waals surface area (Å²) in [4.78, 5) is 12.5. The predicted molar refractivity (Wildman–Crippen MR) is 82.7 cm³/mol. The van der Waals surface area contributed by atoms with Crippen LogP contribution in [0.5, 0.6) is 0 Å². The van der Waals surface area contributed by atoms with E-state index in [1.165, 1.54) is 6.07 Å². The van der Waals surface area contributed by atoms with Gasteiger partial charge in [0, 0.05) is 34.8 Å². The summed E-state index contributed by atoms with van der Waals surface area (Å²) in [5, 5.41) is 3.59. The van der Waals surface area contributed by atoms with Crippen molar-refractivity contribution in [1.29, 1.82) is 0 Å². The fourth-order valence-electron chi connectivity index (χ4n) is 2.73. The smallest absolute Gasteiger partial charge is 0.167 e. The SMILES string of the molecule is O=C(Cc1c(F)cccc1Cl)c1cccc2c1CCCN2. The highest BCUT2D eigenvalue weighted by Crippen LogP contribution is 2.27. The molecule has 108 valence electrons. The van der Waals surface area contributed by atoms with E-state index in [2.05, 4.69) is 5.32 Å². The number of benzene rings is 2. The number of fused-ring (bicyclic) bond motifs is 1. The molecule has 1 aliphatic heterocycles. The number of ketones is 1. The monoisotopic (exact) mass is 303 g/mol. The van der Waals surface area contributed by atoms with Crippen molar-refractivity contribution < 1.29 is 9.18 Å². The van der Waals surface area contributed by atoms with Gasteiger partial charge in [-0.3, -0.25) is 4.79 Å². The molecule has 0 bridgehead atoms. The lowest BCUT2D eigenvalue weighted by molar-refractivity contribution is 0.0991. The van der Waals surface area contributed by atoms with Gasteiger partial charge in [0.05, 0.1) is 0 Å². The summed E-state index contributed by atoms with van der Waals surface area (Å²) >= 11 is 6.00. The average molecular weight is 304 g/mol. The largest absolute Gasteiger partial charge is 0.385 e. The maximum Gasteiger partial charge on any atom is 0.167 e. The summed E-state index contributed by atoms with van der Waals surface area (Å²) in [6, 6.07) is 10.1. The van der Waals surface area contributed by atoms with Crippen LogP contribution in [0.4, 0.5) is 10.1 Å². The number of Topliss-reactive ketones (excluding diaryl/α,β-unsaturated/α-hetero) is 1.